The zero-order chi connectivity index (χ0) is 20.8. The molecule has 3 heterocycles. The molecule has 0 unspecified atom stereocenters. The lowest BCUT2D eigenvalue weighted by atomic mass is 10.2. The van der Waals surface area contributed by atoms with Gasteiger partial charge in [-0.25, -0.2) is 9.97 Å². The molecule has 0 radical (unpaired) electrons. The first-order valence-corrected chi connectivity index (χ1v) is 9.76. The first-order valence-electron chi connectivity index (χ1n) is 9.76. The van der Waals surface area contributed by atoms with Crippen molar-refractivity contribution < 1.29 is 14.3 Å². The van der Waals surface area contributed by atoms with E-state index >= 15 is 0 Å². The fraction of sp³-hybridized carbons (Fsp3) is 0.227. The maximum Gasteiger partial charge on any atom is 0.261 e. The molecule has 8 nitrogen and oxygen atoms in total. The predicted molar refractivity (Wildman–Crippen MR) is 115 cm³/mol. The second-order valence-electron chi connectivity index (χ2n) is 7.67. The van der Waals surface area contributed by atoms with Crippen LogP contribution in [-0.2, 0) is 6.54 Å². The third-order valence-electron chi connectivity index (χ3n) is 5.00. The van der Waals surface area contributed by atoms with E-state index < -0.39 is 0 Å². The summed E-state index contributed by atoms with van der Waals surface area (Å²) in [5, 5.41) is 2.90. The smallest absolute Gasteiger partial charge is 0.261 e. The van der Waals surface area contributed by atoms with E-state index in [9.17, 15) is 4.79 Å². The summed E-state index contributed by atoms with van der Waals surface area (Å²) in [6, 6.07) is 12.8. The van der Waals surface area contributed by atoms with Gasteiger partial charge in [0.05, 0.1) is 11.0 Å². The summed E-state index contributed by atoms with van der Waals surface area (Å²) in [7, 11) is 0. The average Bonchev–Trinajstić information content (AvgIpc) is 3.28. The van der Waals surface area contributed by atoms with E-state index in [1.165, 1.54) is 0 Å². The van der Waals surface area contributed by atoms with E-state index in [-0.39, 0.29) is 12.7 Å². The van der Waals surface area contributed by atoms with E-state index in [1.54, 1.807) is 18.2 Å². The second-order valence-corrected chi connectivity index (χ2v) is 7.67. The zero-order valence-electron chi connectivity index (χ0n) is 16.7. The average molecular weight is 403 g/mol. The highest BCUT2D eigenvalue weighted by atomic mass is 16.7. The Morgan fingerprint density at radius 1 is 1.13 bits per heavy atom. The lowest BCUT2D eigenvalue weighted by molar-refractivity contribution is 0.102. The topological polar surface area (TPSA) is 104 Å². The predicted octanol–water partition coefficient (Wildman–Crippen LogP) is 3.80. The Morgan fingerprint density at radius 3 is 2.63 bits per heavy atom. The molecule has 152 valence electrons. The van der Waals surface area contributed by atoms with E-state index in [4.69, 9.17) is 25.2 Å². The molecule has 1 aliphatic heterocycles. The van der Waals surface area contributed by atoms with Gasteiger partial charge >= 0.3 is 0 Å². The molecule has 0 spiro atoms. The number of carbonyl (C=O) groups excluding carboxylic acids is 1. The van der Waals surface area contributed by atoms with Gasteiger partial charge in [0.15, 0.2) is 17.1 Å². The van der Waals surface area contributed by atoms with Crippen molar-refractivity contribution in [3.63, 3.8) is 0 Å². The van der Waals surface area contributed by atoms with E-state index in [2.05, 4.69) is 19.2 Å². The van der Waals surface area contributed by atoms with E-state index in [1.807, 2.05) is 28.8 Å². The van der Waals surface area contributed by atoms with Crippen molar-refractivity contribution in [1.82, 2.24) is 14.5 Å². The Labute approximate surface area is 172 Å². The summed E-state index contributed by atoms with van der Waals surface area (Å²) < 4.78 is 12.6. The molecule has 2 aromatic carbocycles. The molecule has 5 rings (SSSR count). The van der Waals surface area contributed by atoms with Gasteiger partial charge in [-0.2, -0.15) is 0 Å². The minimum atomic E-state index is -0.344. The molecule has 2 aromatic heterocycles. The molecule has 0 fully saturated rings. The third-order valence-corrected chi connectivity index (χ3v) is 5.00. The highest BCUT2D eigenvalue weighted by Crippen LogP contribution is 2.35. The third kappa shape index (κ3) is 2.97. The van der Waals surface area contributed by atoms with Crippen molar-refractivity contribution in [3.8, 4) is 11.5 Å². The van der Waals surface area contributed by atoms with Crippen molar-refractivity contribution in [2.45, 2.75) is 20.4 Å². The Balaban J connectivity index is 1.62. The van der Waals surface area contributed by atoms with Crippen LogP contribution >= 0.6 is 0 Å². The maximum absolute atomic E-state index is 13.2. The lowest BCUT2D eigenvalue weighted by Gasteiger charge is -2.10. The summed E-state index contributed by atoms with van der Waals surface area (Å²) in [6.07, 6.45) is 0. The number of ether oxygens (including phenoxy) is 2. The number of nitrogens with one attached hydrogen (secondary N) is 1. The van der Waals surface area contributed by atoms with E-state index in [0.29, 0.717) is 57.7 Å². The Bertz CT molecular complexity index is 1300. The first kappa shape index (κ1) is 18.2. The summed E-state index contributed by atoms with van der Waals surface area (Å²) in [4.78, 5) is 22.7. The molecule has 0 aliphatic carbocycles. The number of nitrogen functional groups attached to an aromatic ring is 1. The number of nitrogens with zero attached hydrogens (tertiary/aromatic N) is 3. The van der Waals surface area contributed by atoms with Gasteiger partial charge in [0.25, 0.3) is 5.91 Å². The normalized spacial score (nSPS) is 12.8. The SMILES string of the molecule is CC(C)Cn1c(N)c(C(=O)Nc2ccc3c(c2)OCO3)c2nc3ccccc3nc21. The molecule has 0 atom stereocenters. The van der Waals surface area contributed by atoms with Crippen molar-refractivity contribution >= 4 is 39.6 Å². The monoisotopic (exact) mass is 403 g/mol. The standard InChI is InChI=1S/C22H21N5O3/c1-12(2)10-27-20(23)18(19-21(27)26-15-6-4-3-5-14(15)25-19)22(28)24-13-7-8-16-17(9-13)30-11-29-16/h3-9,12H,10-11,23H2,1-2H3,(H,24,28). The molecular weight excluding hydrogens is 382 g/mol. The number of fused-ring (bicyclic) bond motifs is 3. The number of nitrogens with two attached hydrogens (primary N) is 1. The van der Waals surface area contributed by atoms with Crippen molar-refractivity contribution in [2.24, 2.45) is 5.92 Å². The number of carbonyl (C=O) groups is 1. The van der Waals surface area contributed by atoms with Crippen LogP contribution in [0.2, 0.25) is 0 Å². The van der Waals surface area contributed by atoms with Crippen LogP contribution in [0.1, 0.15) is 24.2 Å². The molecule has 3 N–H and O–H groups in total. The number of benzene rings is 2. The molecule has 4 aromatic rings. The maximum atomic E-state index is 13.2. The van der Waals surface area contributed by atoms with Gasteiger partial charge in [0.2, 0.25) is 6.79 Å². The number of hydrogen-bond donors (Lipinski definition) is 2. The number of anilines is 2. The number of aromatic nitrogens is 3. The summed E-state index contributed by atoms with van der Waals surface area (Å²) in [5.74, 6) is 1.57. The molecular formula is C22H21N5O3. The lowest BCUT2D eigenvalue weighted by Crippen LogP contribution is -2.15. The van der Waals surface area contributed by atoms with Gasteiger partial charge in [-0.3, -0.25) is 4.79 Å². The molecule has 30 heavy (non-hydrogen) atoms. The molecule has 1 amide bonds. The van der Waals surface area contributed by atoms with Crippen LogP contribution in [-0.4, -0.2) is 27.2 Å². The van der Waals surface area contributed by atoms with Crippen molar-refractivity contribution in [3.05, 3.63) is 48.0 Å². The van der Waals surface area contributed by atoms with Crippen LogP contribution < -0.4 is 20.5 Å². The van der Waals surface area contributed by atoms with Gasteiger partial charge in [-0.15, -0.1) is 0 Å². The number of rotatable bonds is 4. The van der Waals surface area contributed by atoms with Crippen LogP contribution in [0.5, 0.6) is 11.5 Å². The van der Waals surface area contributed by atoms with Crippen LogP contribution in [0.15, 0.2) is 42.5 Å². The van der Waals surface area contributed by atoms with Gasteiger partial charge < -0.3 is 25.1 Å². The Kier molecular flexibility index (Phi) is 4.20. The Morgan fingerprint density at radius 2 is 1.87 bits per heavy atom. The van der Waals surface area contributed by atoms with Gasteiger partial charge in [-0.05, 0) is 30.2 Å². The van der Waals surface area contributed by atoms with Crippen molar-refractivity contribution in [2.75, 3.05) is 17.8 Å². The number of hydrogen-bond acceptors (Lipinski definition) is 6. The number of amides is 1. The fourth-order valence-corrected chi connectivity index (χ4v) is 3.66. The largest absolute Gasteiger partial charge is 0.454 e. The summed E-state index contributed by atoms with van der Waals surface area (Å²) >= 11 is 0. The van der Waals surface area contributed by atoms with Crippen LogP contribution in [0.4, 0.5) is 11.5 Å². The van der Waals surface area contributed by atoms with Crippen LogP contribution in [0, 0.1) is 5.92 Å². The highest BCUT2D eigenvalue weighted by molar-refractivity contribution is 6.16. The summed E-state index contributed by atoms with van der Waals surface area (Å²) in [6.45, 7) is 4.98. The van der Waals surface area contributed by atoms with Gasteiger partial charge in [0.1, 0.15) is 16.9 Å². The Hall–Kier alpha value is -3.81. The minimum absolute atomic E-state index is 0.172. The molecule has 8 heteroatoms. The fourth-order valence-electron chi connectivity index (χ4n) is 3.66. The second kappa shape index (κ2) is 6.91. The quantitative estimate of drug-likeness (QED) is 0.537. The minimum Gasteiger partial charge on any atom is -0.454 e. The first-order chi connectivity index (χ1) is 14.5. The van der Waals surface area contributed by atoms with E-state index in [0.717, 1.165) is 5.52 Å². The highest BCUT2D eigenvalue weighted by Gasteiger charge is 2.25. The zero-order valence-corrected chi connectivity index (χ0v) is 16.7. The summed E-state index contributed by atoms with van der Waals surface area (Å²) in [5.41, 5.74) is 9.92. The number of para-hydroxylation sites is 2. The molecule has 0 saturated carbocycles. The molecule has 1 aliphatic rings. The van der Waals surface area contributed by atoms with Crippen molar-refractivity contribution in [1.29, 1.82) is 0 Å². The molecule has 0 saturated heterocycles. The van der Waals surface area contributed by atoms with Crippen LogP contribution in [0.3, 0.4) is 0 Å². The van der Waals surface area contributed by atoms with Crippen LogP contribution in [0.25, 0.3) is 22.2 Å². The molecule has 0 bridgehead atoms. The van der Waals surface area contributed by atoms with Gasteiger partial charge in [0, 0.05) is 18.3 Å². The van der Waals surface area contributed by atoms with Gasteiger partial charge in [-0.1, -0.05) is 26.0 Å².